The van der Waals surface area contributed by atoms with Crippen molar-refractivity contribution in [2.75, 3.05) is 18.5 Å². The van der Waals surface area contributed by atoms with Crippen LogP contribution in [-0.2, 0) is 6.42 Å². The Bertz CT molecular complexity index is 411. The fraction of sp³-hybridized carbons (Fsp3) is 0.625. The van der Waals surface area contributed by atoms with Gasteiger partial charge in [0, 0.05) is 30.3 Å². The lowest BCUT2D eigenvalue weighted by Crippen LogP contribution is -2.26. The van der Waals surface area contributed by atoms with Crippen molar-refractivity contribution in [3.05, 3.63) is 28.8 Å². The van der Waals surface area contributed by atoms with E-state index in [1.165, 1.54) is 36.9 Å². The largest absolute Gasteiger partial charge is 0.374 e. The van der Waals surface area contributed by atoms with E-state index in [1.807, 2.05) is 13.0 Å². The second kappa shape index (κ2) is 6.62. The van der Waals surface area contributed by atoms with Crippen molar-refractivity contribution < 1.29 is 0 Å². The molecule has 0 aliphatic heterocycles. The van der Waals surface area contributed by atoms with E-state index in [1.54, 1.807) is 0 Å². The van der Waals surface area contributed by atoms with Crippen LogP contribution in [0.2, 0.25) is 5.02 Å². The second-order valence-electron chi connectivity index (χ2n) is 5.99. The Morgan fingerprint density at radius 1 is 1.37 bits per heavy atom. The first-order chi connectivity index (χ1) is 9.06. The summed E-state index contributed by atoms with van der Waals surface area (Å²) in [6.45, 7) is 3.19. The monoisotopic (exact) mass is 280 g/mol. The lowest BCUT2D eigenvalue weighted by atomic mass is 10.0. The fourth-order valence-electron chi connectivity index (χ4n) is 3.12. The first kappa shape index (κ1) is 14.7. The molecule has 0 radical (unpaired) electrons. The Kier molecular flexibility index (Phi) is 5.12. The van der Waals surface area contributed by atoms with Gasteiger partial charge in [-0.05, 0) is 55.9 Å². The normalized spacial score (nSPS) is 17.7. The summed E-state index contributed by atoms with van der Waals surface area (Å²) >= 11 is 6.12. The average molecular weight is 281 g/mol. The number of anilines is 1. The van der Waals surface area contributed by atoms with Gasteiger partial charge in [-0.15, -0.1) is 0 Å². The van der Waals surface area contributed by atoms with Crippen molar-refractivity contribution in [3.63, 3.8) is 0 Å². The summed E-state index contributed by atoms with van der Waals surface area (Å²) in [7, 11) is 2.19. The molecule has 2 rings (SSSR count). The van der Waals surface area contributed by atoms with Crippen molar-refractivity contribution in [2.45, 2.75) is 45.1 Å². The standard InChI is InChI=1S/C16H25ClN2/c1-12(18)9-14-10-15(17)7-8-16(14)19(2)11-13-5-3-4-6-13/h7-8,10,12-13H,3-6,9,11,18H2,1-2H3. The molecule has 0 spiro atoms. The maximum Gasteiger partial charge on any atom is 0.0410 e. The molecule has 1 atom stereocenters. The Hall–Kier alpha value is -0.730. The lowest BCUT2D eigenvalue weighted by Gasteiger charge is -2.26. The highest BCUT2D eigenvalue weighted by molar-refractivity contribution is 6.30. The van der Waals surface area contributed by atoms with Crippen molar-refractivity contribution in [3.8, 4) is 0 Å². The smallest absolute Gasteiger partial charge is 0.0410 e. The highest BCUT2D eigenvalue weighted by Crippen LogP contribution is 2.29. The van der Waals surface area contributed by atoms with Gasteiger partial charge in [0.1, 0.15) is 0 Å². The number of hydrogen-bond donors (Lipinski definition) is 1. The molecule has 1 unspecified atom stereocenters. The molecule has 1 saturated carbocycles. The quantitative estimate of drug-likeness (QED) is 0.887. The van der Waals surface area contributed by atoms with Crippen LogP contribution in [-0.4, -0.2) is 19.6 Å². The third-order valence-corrected chi connectivity index (χ3v) is 4.24. The van der Waals surface area contributed by atoms with Gasteiger partial charge in [0.25, 0.3) is 0 Å². The minimum atomic E-state index is 0.164. The van der Waals surface area contributed by atoms with Crippen LogP contribution >= 0.6 is 11.6 Å². The Labute approximate surface area is 121 Å². The summed E-state index contributed by atoms with van der Waals surface area (Å²) in [5.74, 6) is 0.851. The number of rotatable bonds is 5. The van der Waals surface area contributed by atoms with E-state index in [0.717, 1.165) is 23.9 Å². The molecule has 0 bridgehead atoms. The number of nitrogens with two attached hydrogens (primary N) is 1. The molecule has 0 saturated heterocycles. The predicted molar refractivity (Wildman–Crippen MR) is 84.0 cm³/mol. The van der Waals surface area contributed by atoms with Gasteiger partial charge < -0.3 is 10.6 Å². The molecule has 1 aromatic carbocycles. The van der Waals surface area contributed by atoms with E-state index in [9.17, 15) is 0 Å². The zero-order valence-corrected chi connectivity index (χ0v) is 12.8. The van der Waals surface area contributed by atoms with Crippen molar-refractivity contribution in [1.82, 2.24) is 0 Å². The third kappa shape index (κ3) is 4.12. The van der Waals surface area contributed by atoms with Gasteiger partial charge in [-0.2, -0.15) is 0 Å². The Morgan fingerprint density at radius 3 is 2.68 bits per heavy atom. The molecule has 1 aromatic rings. The van der Waals surface area contributed by atoms with E-state index in [0.29, 0.717) is 0 Å². The SMILES string of the molecule is CC(N)Cc1cc(Cl)ccc1N(C)CC1CCCC1. The van der Waals surface area contributed by atoms with Crippen LogP contribution in [0.15, 0.2) is 18.2 Å². The second-order valence-corrected chi connectivity index (χ2v) is 6.42. The first-order valence-corrected chi connectivity index (χ1v) is 7.69. The summed E-state index contributed by atoms with van der Waals surface area (Å²) in [4.78, 5) is 2.38. The molecule has 3 heteroatoms. The molecule has 0 heterocycles. The molecule has 0 amide bonds. The number of benzene rings is 1. The molecule has 19 heavy (non-hydrogen) atoms. The van der Waals surface area contributed by atoms with Crippen LogP contribution in [0.25, 0.3) is 0 Å². The average Bonchev–Trinajstić information content (AvgIpc) is 2.80. The van der Waals surface area contributed by atoms with Gasteiger partial charge in [0.15, 0.2) is 0 Å². The zero-order valence-electron chi connectivity index (χ0n) is 12.0. The summed E-state index contributed by atoms with van der Waals surface area (Å²) in [6, 6.07) is 6.34. The minimum absolute atomic E-state index is 0.164. The van der Waals surface area contributed by atoms with E-state index >= 15 is 0 Å². The van der Waals surface area contributed by atoms with Crippen LogP contribution < -0.4 is 10.6 Å². The highest BCUT2D eigenvalue weighted by atomic mass is 35.5. The van der Waals surface area contributed by atoms with Crippen LogP contribution in [0.4, 0.5) is 5.69 Å². The highest BCUT2D eigenvalue weighted by Gasteiger charge is 2.18. The Morgan fingerprint density at radius 2 is 2.05 bits per heavy atom. The third-order valence-electron chi connectivity index (χ3n) is 4.00. The molecule has 0 aromatic heterocycles. The van der Waals surface area contributed by atoms with Gasteiger partial charge in [0.05, 0.1) is 0 Å². The van der Waals surface area contributed by atoms with E-state index in [4.69, 9.17) is 17.3 Å². The topological polar surface area (TPSA) is 29.3 Å². The number of halogens is 1. The molecular formula is C16H25ClN2. The number of nitrogens with zero attached hydrogens (tertiary/aromatic N) is 1. The van der Waals surface area contributed by atoms with E-state index in [-0.39, 0.29) is 6.04 Å². The maximum atomic E-state index is 6.12. The summed E-state index contributed by atoms with van der Waals surface area (Å²) in [5, 5.41) is 0.800. The summed E-state index contributed by atoms with van der Waals surface area (Å²) in [6.07, 6.45) is 6.42. The fourth-order valence-corrected chi connectivity index (χ4v) is 3.31. The van der Waals surface area contributed by atoms with Crippen molar-refractivity contribution >= 4 is 17.3 Å². The lowest BCUT2D eigenvalue weighted by molar-refractivity contribution is 0.546. The number of hydrogen-bond acceptors (Lipinski definition) is 2. The van der Waals surface area contributed by atoms with Gasteiger partial charge >= 0.3 is 0 Å². The van der Waals surface area contributed by atoms with E-state index < -0.39 is 0 Å². The predicted octanol–water partition coefficient (Wildman–Crippen LogP) is 3.86. The van der Waals surface area contributed by atoms with Gasteiger partial charge in [-0.1, -0.05) is 24.4 Å². The van der Waals surface area contributed by atoms with Crippen LogP contribution in [0.3, 0.4) is 0 Å². The van der Waals surface area contributed by atoms with Gasteiger partial charge in [-0.25, -0.2) is 0 Å². The summed E-state index contributed by atoms with van der Waals surface area (Å²) < 4.78 is 0. The minimum Gasteiger partial charge on any atom is -0.374 e. The maximum absolute atomic E-state index is 6.12. The molecule has 106 valence electrons. The van der Waals surface area contributed by atoms with Gasteiger partial charge in [0.2, 0.25) is 0 Å². The molecule has 2 N–H and O–H groups in total. The molecule has 1 aliphatic carbocycles. The van der Waals surface area contributed by atoms with Crippen molar-refractivity contribution in [2.24, 2.45) is 11.7 Å². The Balaban J connectivity index is 2.12. The van der Waals surface area contributed by atoms with Crippen molar-refractivity contribution in [1.29, 1.82) is 0 Å². The van der Waals surface area contributed by atoms with Crippen LogP contribution in [0.5, 0.6) is 0 Å². The molecule has 2 nitrogen and oxygen atoms in total. The molecule has 1 aliphatic rings. The summed E-state index contributed by atoms with van der Waals surface area (Å²) in [5.41, 5.74) is 8.50. The van der Waals surface area contributed by atoms with Gasteiger partial charge in [-0.3, -0.25) is 0 Å². The molecular weight excluding hydrogens is 256 g/mol. The van der Waals surface area contributed by atoms with E-state index in [2.05, 4.69) is 24.1 Å². The zero-order chi connectivity index (χ0) is 13.8. The van der Waals surface area contributed by atoms with Crippen LogP contribution in [0.1, 0.15) is 38.2 Å². The first-order valence-electron chi connectivity index (χ1n) is 7.31. The molecule has 1 fully saturated rings. The van der Waals surface area contributed by atoms with Crippen LogP contribution in [0, 0.1) is 5.92 Å².